The SMILES string of the molecule is C=CC.C=CNCCC.CC.CC/C=C(C)\C=C1/CNC=C1C(c1ccc(F)cc1)C(CCC)C1=CCC(C)C=C1. The van der Waals surface area contributed by atoms with Gasteiger partial charge in [-0.2, -0.15) is 0 Å². The van der Waals surface area contributed by atoms with Gasteiger partial charge in [-0.1, -0.05) is 109 Å². The highest BCUT2D eigenvalue weighted by molar-refractivity contribution is 5.50. The van der Waals surface area contributed by atoms with Gasteiger partial charge in [0, 0.05) is 25.2 Å². The summed E-state index contributed by atoms with van der Waals surface area (Å²) in [5.74, 6) is 1.02. The van der Waals surface area contributed by atoms with Crippen LogP contribution in [0.25, 0.3) is 0 Å². The molecular weight excluding hydrogens is 503 g/mol. The molecule has 41 heavy (non-hydrogen) atoms. The number of benzene rings is 1. The molecular formula is C38H59FN2. The fraction of sp³-hybridized carbons (Fsp3) is 0.474. The zero-order chi connectivity index (χ0) is 31.0. The Morgan fingerprint density at radius 2 is 1.78 bits per heavy atom. The summed E-state index contributed by atoms with van der Waals surface area (Å²) < 4.78 is 13.7. The van der Waals surface area contributed by atoms with Crippen LogP contribution in [0.3, 0.4) is 0 Å². The van der Waals surface area contributed by atoms with Crippen LogP contribution in [0.5, 0.6) is 0 Å². The lowest BCUT2D eigenvalue weighted by atomic mass is 9.72. The number of halogens is 1. The third-order valence-corrected chi connectivity index (χ3v) is 6.72. The molecule has 0 saturated carbocycles. The van der Waals surface area contributed by atoms with Gasteiger partial charge in [-0.05, 0) is 92.0 Å². The fourth-order valence-electron chi connectivity index (χ4n) is 4.95. The maximum atomic E-state index is 13.7. The summed E-state index contributed by atoms with van der Waals surface area (Å²) in [5, 5.41) is 6.43. The summed E-state index contributed by atoms with van der Waals surface area (Å²) in [7, 11) is 0. The topological polar surface area (TPSA) is 24.1 Å². The van der Waals surface area contributed by atoms with Gasteiger partial charge in [-0.3, -0.25) is 0 Å². The molecule has 0 saturated heterocycles. The van der Waals surface area contributed by atoms with Crippen molar-refractivity contribution in [3.05, 3.63) is 120 Å². The van der Waals surface area contributed by atoms with Crippen molar-refractivity contribution in [1.82, 2.24) is 10.6 Å². The minimum Gasteiger partial charge on any atom is -0.391 e. The molecule has 2 N–H and O–H groups in total. The summed E-state index contributed by atoms with van der Waals surface area (Å²) in [4.78, 5) is 0. The van der Waals surface area contributed by atoms with E-state index in [0.29, 0.717) is 11.8 Å². The van der Waals surface area contributed by atoms with E-state index in [-0.39, 0.29) is 11.7 Å². The molecule has 1 aromatic rings. The van der Waals surface area contributed by atoms with Crippen molar-refractivity contribution in [3.63, 3.8) is 0 Å². The first-order chi connectivity index (χ1) is 19.9. The Hall–Kier alpha value is -3.07. The smallest absolute Gasteiger partial charge is 0.123 e. The molecule has 3 atom stereocenters. The van der Waals surface area contributed by atoms with Crippen molar-refractivity contribution in [2.75, 3.05) is 13.1 Å². The van der Waals surface area contributed by atoms with Crippen LogP contribution in [0.4, 0.5) is 4.39 Å². The lowest BCUT2D eigenvalue weighted by Gasteiger charge is -2.32. The molecule has 0 bridgehead atoms. The molecule has 0 spiro atoms. The van der Waals surface area contributed by atoms with E-state index >= 15 is 0 Å². The second-order valence-electron chi connectivity index (χ2n) is 10.3. The quantitative estimate of drug-likeness (QED) is 0.207. The van der Waals surface area contributed by atoms with Gasteiger partial charge in [-0.15, -0.1) is 6.58 Å². The molecule has 0 amide bonds. The Balaban J connectivity index is 0.00000125. The van der Waals surface area contributed by atoms with Gasteiger partial charge in [0.2, 0.25) is 0 Å². The van der Waals surface area contributed by atoms with Crippen molar-refractivity contribution in [2.24, 2.45) is 11.8 Å². The van der Waals surface area contributed by atoms with Crippen molar-refractivity contribution in [3.8, 4) is 0 Å². The molecule has 1 aromatic carbocycles. The number of hydrogen-bond donors (Lipinski definition) is 2. The molecule has 2 aliphatic rings. The molecule has 2 nitrogen and oxygen atoms in total. The summed E-state index contributed by atoms with van der Waals surface area (Å²) in [5.41, 5.74) is 6.62. The summed E-state index contributed by atoms with van der Waals surface area (Å²) in [6, 6.07) is 7.16. The number of nitrogens with one attached hydrogen (secondary N) is 2. The first-order valence-corrected chi connectivity index (χ1v) is 15.7. The Labute approximate surface area is 253 Å². The monoisotopic (exact) mass is 562 g/mol. The van der Waals surface area contributed by atoms with Gasteiger partial charge in [0.1, 0.15) is 5.82 Å². The van der Waals surface area contributed by atoms with E-state index in [1.54, 1.807) is 24.4 Å². The van der Waals surface area contributed by atoms with Crippen molar-refractivity contribution >= 4 is 0 Å². The maximum absolute atomic E-state index is 13.7. The minimum atomic E-state index is -0.175. The van der Waals surface area contributed by atoms with Gasteiger partial charge in [0.15, 0.2) is 0 Å². The van der Waals surface area contributed by atoms with Crippen LogP contribution in [0.15, 0.2) is 109 Å². The largest absolute Gasteiger partial charge is 0.391 e. The number of rotatable bonds is 11. The highest BCUT2D eigenvalue weighted by Gasteiger charge is 2.32. The predicted octanol–water partition coefficient (Wildman–Crippen LogP) is 11.0. The second kappa shape index (κ2) is 23.6. The average molecular weight is 563 g/mol. The first kappa shape index (κ1) is 37.9. The Bertz CT molecular complexity index is 1010. The third kappa shape index (κ3) is 14.4. The van der Waals surface area contributed by atoms with Crippen LogP contribution < -0.4 is 10.6 Å². The summed E-state index contributed by atoms with van der Waals surface area (Å²) in [6.45, 7) is 25.6. The van der Waals surface area contributed by atoms with Gasteiger partial charge < -0.3 is 10.6 Å². The molecule has 1 heterocycles. The van der Waals surface area contributed by atoms with Gasteiger partial charge in [0.25, 0.3) is 0 Å². The lowest BCUT2D eigenvalue weighted by Crippen LogP contribution is -2.19. The zero-order valence-electron chi connectivity index (χ0n) is 27.4. The lowest BCUT2D eigenvalue weighted by molar-refractivity contribution is 0.492. The summed E-state index contributed by atoms with van der Waals surface area (Å²) >= 11 is 0. The molecule has 3 unspecified atom stereocenters. The van der Waals surface area contributed by atoms with Crippen LogP contribution in [0.2, 0.25) is 0 Å². The van der Waals surface area contributed by atoms with Crippen molar-refractivity contribution in [2.45, 2.75) is 93.4 Å². The van der Waals surface area contributed by atoms with E-state index in [2.05, 4.69) is 95.0 Å². The van der Waals surface area contributed by atoms with Gasteiger partial charge in [0.05, 0.1) is 0 Å². The molecule has 0 radical (unpaired) electrons. The van der Waals surface area contributed by atoms with E-state index in [9.17, 15) is 4.39 Å². The van der Waals surface area contributed by atoms with Crippen LogP contribution in [-0.2, 0) is 0 Å². The molecule has 0 aromatic heterocycles. The standard InChI is InChI=1S/C28H36FN.C5H11N.C3H6.C2H6/c1-5-7-21(4)17-24-18-30-19-27(24)28(23-13-15-25(29)16-14-23)26(8-6-2)22-11-9-20(3)10-12-22;1-3-5-6-4-2;1-3-2;1-2/h7,9,11-17,19-20,26,28,30H,5-6,8,10,18H2,1-4H3;4,6H,2-3,5H2,1H3;3H,1H2,2H3;1-2H3/b21-7-,24-17+;;;. The van der Waals surface area contributed by atoms with E-state index in [1.165, 1.54) is 34.3 Å². The average Bonchev–Trinajstić information content (AvgIpc) is 3.42. The van der Waals surface area contributed by atoms with E-state index < -0.39 is 0 Å². The normalized spacial score (nSPS) is 18.0. The highest BCUT2D eigenvalue weighted by atomic mass is 19.1. The number of allylic oxidation sites excluding steroid dienone is 8. The Morgan fingerprint density at radius 3 is 2.27 bits per heavy atom. The van der Waals surface area contributed by atoms with Crippen LogP contribution in [0, 0.1) is 17.7 Å². The van der Waals surface area contributed by atoms with Crippen molar-refractivity contribution in [1.29, 1.82) is 0 Å². The van der Waals surface area contributed by atoms with Crippen LogP contribution in [-0.4, -0.2) is 13.1 Å². The van der Waals surface area contributed by atoms with E-state index in [0.717, 1.165) is 38.8 Å². The second-order valence-corrected chi connectivity index (χ2v) is 10.3. The molecule has 1 aliphatic heterocycles. The predicted molar refractivity (Wildman–Crippen MR) is 182 cm³/mol. The molecule has 3 rings (SSSR count). The van der Waals surface area contributed by atoms with Gasteiger partial charge in [-0.25, -0.2) is 4.39 Å². The minimum absolute atomic E-state index is 0.175. The van der Waals surface area contributed by atoms with E-state index in [4.69, 9.17) is 0 Å². The van der Waals surface area contributed by atoms with Crippen LogP contribution in [0.1, 0.15) is 99.0 Å². The molecule has 228 valence electrons. The van der Waals surface area contributed by atoms with Crippen LogP contribution >= 0.6 is 0 Å². The highest BCUT2D eigenvalue weighted by Crippen LogP contribution is 2.44. The third-order valence-electron chi connectivity index (χ3n) is 6.72. The summed E-state index contributed by atoms with van der Waals surface area (Å²) in [6.07, 6.45) is 22.9. The zero-order valence-corrected chi connectivity index (χ0v) is 27.4. The number of hydrogen-bond acceptors (Lipinski definition) is 2. The molecule has 0 fully saturated rings. The Morgan fingerprint density at radius 1 is 1.12 bits per heavy atom. The molecule has 3 heteroatoms. The first-order valence-electron chi connectivity index (χ1n) is 15.7. The van der Waals surface area contributed by atoms with Crippen molar-refractivity contribution < 1.29 is 4.39 Å². The fourth-order valence-corrected chi connectivity index (χ4v) is 4.95. The molecule has 1 aliphatic carbocycles. The van der Waals surface area contributed by atoms with Gasteiger partial charge >= 0.3 is 0 Å². The maximum Gasteiger partial charge on any atom is 0.123 e. The van der Waals surface area contributed by atoms with E-state index in [1.807, 2.05) is 32.9 Å². The Kier molecular flexibility index (Phi) is 21.8.